The van der Waals surface area contributed by atoms with Crippen LogP contribution in [0.15, 0.2) is 28.9 Å². The first-order valence-corrected chi connectivity index (χ1v) is 7.00. The normalized spacial score (nSPS) is 10.3. The Bertz CT molecular complexity index is 678. The molecule has 1 aromatic carbocycles. The number of ether oxygens (including phenoxy) is 2. The molecule has 0 saturated heterocycles. The summed E-state index contributed by atoms with van der Waals surface area (Å²) in [6.45, 7) is 3.92. The van der Waals surface area contributed by atoms with Gasteiger partial charge >= 0.3 is 5.97 Å². The van der Waals surface area contributed by atoms with Crippen LogP contribution < -0.4 is 10.5 Å². The van der Waals surface area contributed by atoms with Gasteiger partial charge in [0.05, 0.1) is 19.0 Å². The van der Waals surface area contributed by atoms with Crippen LogP contribution in [0.1, 0.15) is 21.5 Å². The minimum Gasteiger partial charge on any atom is -0.465 e. The number of hydrogen-bond donors (Lipinski definition) is 1. The Morgan fingerprint density at radius 3 is 2.43 bits per heavy atom. The summed E-state index contributed by atoms with van der Waals surface area (Å²) in [7, 11) is 1.29. The van der Waals surface area contributed by atoms with Gasteiger partial charge in [0.25, 0.3) is 0 Å². The number of aryl methyl sites for hydroxylation is 2. The predicted octanol–water partition coefficient (Wildman–Crippen LogP) is 3.62. The Morgan fingerprint density at radius 2 is 1.86 bits per heavy atom. The average molecular weight is 351 g/mol. The van der Waals surface area contributed by atoms with Crippen LogP contribution in [0.25, 0.3) is 0 Å². The number of anilines is 1. The lowest BCUT2D eigenvalue weighted by Gasteiger charge is -2.11. The third kappa shape index (κ3) is 3.33. The van der Waals surface area contributed by atoms with Gasteiger partial charge in [-0.3, -0.25) is 0 Å². The molecule has 0 unspecified atom stereocenters. The van der Waals surface area contributed by atoms with Gasteiger partial charge in [-0.15, -0.1) is 0 Å². The van der Waals surface area contributed by atoms with Gasteiger partial charge < -0.3 is 15.2 Å². The van der Waals surface area contributed by atoms with Gasteiger partial charge in [0, 0.05) is 4.47 Å². The van der Waals surface area contributed by atoms with E-state index >= 15 is 0 Å². The molecule has 0 spiro atoms. The molecule has 0 saturated carbocycles. The molecule has 0 aliphatic rings. The molecule has 5 nitrogen and oxygen atoms in total. The van der Waals surface area contributed by atoms with Crippen LogP contribution in [0, 0.1) is 13.8 Å². The van der Waals surface area contributed by atoms with E-state index in [9.17, 15) is 4.79 Å². The van der Waals surface area contributed by atoms with E-state index in [0.717, 1.165) is 15.6 Å². The van der Waals surface area contributed by atoms with Gasteiger partial charge in [-0.25, -0.2) is 9.78 Å². The standard InChI is InChI=1S/C15H15BrN2O3/c1-8-4-11(5-9(2)13(8)16)21-14-12(15(19)20-3)6-10(17)7-18-14/h4-7H,17H2,1-3H3. The predicted molar refractivity (Wildman–Crippen MR) is 83.7 cm³/mol. The summed E-state index contributed by atoms with van der Waals surface area (Å²) in [5.41, 5.74) is 8.26. The number of hydrogen-bond acceptors (Lipinski definition) is 5. The van der Waals surface area contributed by atoms with Crippen LogP contribution in [0.3, 0.4) is 0 Å². The zero-order chi connectivity index (χ0) is 15.6. The number of carbonyl (C=O) groups excluding carboxylic acids is 1. The number of halogens is 1. The lowest BCUT2D eigenvalue weighted by molar-refractivity contribution is 0.0597. The minimum absolute atomic E-state index is 0.164. The maximum absolute atomic E-state index is 11.8. The summed E-state index contributed by atoms with van der Waals surface area (Å²) in [5, 5.41) is 0. The molecule has 110 valence electrons. The summed E-state index contributed by atoms with van der Waals surface area (Å²) in [5.74, 6) is 0.211. The van der Waals surface area contributed by atoms with E-state index < -0.39 is 5.97 Å². The second-order valence-corrected chi connectivity index (χ2v) is 5.38. The van der Waals surface area contributed by atoms with Gasteiger partial charge in [0.15, 0.2) is 0 Å². The van der Waals surface area contributed by atoms with Gasteiger partial charge in [-0.1, -0.05) is 15.9 Å². The summed E-state index contributed by atoms with van der Waals surface area (Å²) >= 11 is 3.50. The Morgan fingerprint density at radius 1 is 1.24 bits per heavy atom. The number of nitrogens with zero attached hydrogens (tertiary/aromatic N) is 1. The fourth-order valence-corrected chi connectivity index (χ4v) is 2.11. The molecule has 2 rings (SSSR count). The third-order valence-electron chi connectivity index (χ3n) is 2.90. The van der Waals surface area contributed by atoms with E-state index in [-0.39, 0.29) is 11.4 Å². The molecule has 2 N–H and O–H groups in total. The molecule has 0 aliphatic heterocycles. The van der Waals surface area contributed by atoms with Gasteiger partial charge in [-0.2, -0.15) is 0 Å². The zero-order valence-electron chi connectivity index (χ0n) is 11.9. The first kappa shape index (κ1) is 15.3. The molecule has 0 atom stereocenters. The molecule has 1 aromatic heterocycles. The summed E-state index contributed by atoms with van der Waals surface area (Å²) in [6.07, 6.45) is 1.43. The smallest absolute Gasteiger partial charge is 0.343 e. The summed E-state index contributed by atoms with van der Waals surface area (Å²) < 4.78 is 11.5. The van der Waals surface area contributed by atoms with Crippen LogP contribution in [0.4, 0.5) is 5.69 Å². The van der Waals surface area contributed by atoms with E-state index in [1.165, 1.54) is 19.4 Å². The summed E-state index contributed by atoms with van der Waals surface area (Å²) in [4.78, 5) is 15.8. The minimum atomic E-state index is -0.546. The lowest BCUT2D eigenvalue weighted by Crippen LogP contribution is -2.06. The number of nitrogens with two attached hydrogens (primary N) is 1. The molecule has 6 heteroatoms. The second-order valence-electron chi connectivity index (χ2n) is 4.59. The van der Waals surface area contributed by atoms with Crippen molar-refractivity contribution in [1.29, 1.82) is 0 Å². The zero-order valence-corrected chi connectivity index (χ0v) is 13.5. The van der Waals surface area contributed by atoms with E-state index in [1.54, 1.807) is 0 Å². The summed E-state index contributed by atoms with van der Waals surface area (Å²) in [6, 6.07) is 5.19. The van der Waals surface area contributed by atoms with Gasteiger partial charge in [-0.05, 0) is 43.2 Å². The van der Waals surface area contributed by atoms with Crippen LogP contribution in [0.2, 0.25) is 0 Å². The maximum atomic E-state index is 11.8. The number of benzene rings is 1. The van der Waals surface area contributed by atoms with Crippen molar-refractivity contribution in [3.63, 3.8) is 0 Å². The molecule has 2 aromatic rings. The quantitative estimate of drug-likeness (QED) is 0.855. The highest BCUT2D eigenvalue weighted by Crippen LogP contribution is 2.30. The van der Waals surface area contributed by atoms with Crippen LogP contribution in [-0.4, -0.2) is 18.1 Å². The monoisotopic (exact) mass is 350 g/mol. The number of methoxy groups -OCH3 is 1. The van der Waals surface area contributed by atoms with E-state index in [2.05, 4.69) is 20.9 Å². The van der Waals surface area contributed by atoms with Crippen molar-refractivity contribution in [3.05, 3.63) is 45.6 Å². The van der Waals surface area contributed by atoms with Crippen molar-refractivity contribution in [2.75, 3.05) is 12.8 Å². The van der Waals surface area contributed by atoms with Crippen molar-refractivity contribution >= 4 is 27.6 Å². The molecule has 0 aliphatic carbocycles. The van der Waals surface area contributed by atoms with E-state index in [4.69, 9.17) is 15.2 Å². The second kappa shape index (κ2) is 6.13. The number of esters is 1. The van der Waals surface area contributed by atoms with Crippen molar-refractivity contribution in [2.45, 2.75) is 13.8 Å². The van der Waals surface area contributed by atoms with Crippen molar-refractivity contribution in [2.24, 2.45) is 0 Å². The van der Waals surface area contributed by atoms with Crippen molar-refractivity contribution in [3.8, 4) is 11.6 Å². The molecule has 0 fully saturated rings. The number of rotatable bonds is 3. The van der Waals surface area contributed by atoms with Crippen molar-refractivity contribution in [1.82, 2.24) is 4.98 Å². The number of aromatic nitrogens is 1. The fourth-order valence-electron chi connectivity index (χ4n) is 1.88. The number of nitrogen functional groups attached to an aromatic ring is 1. The van der Waals surface area contributed by atoms with Crippen molar-refractivity contribution < 1.29 is 14.3 Å². The number of pyridine rings is 1. The first-order valence-electron chi connectivity index (χ1n) is 6.20. The Balaban J connectivity index is 2.42. The van der Waals surface area contributed by atoms with Gasteiger partial charge in [0.2, 0.25) is 5.88 Å². The maximum Gasteiger partial charge on any atom is 0.343 e. The molecule has 0 radical (unpaired) electrons. The molecular weight excluding hydrogens is 336 g/mol. The molecule has 1 heterocycles. The molecule has 0 amide bonds. The van der Waals surface area contributed by atoms with Crippen LogP contribution >= 0.6 is 15.9 Å². The largest absolute Gasteiger partial charge is 0.465 e. The van der Waals surface area contributed by atoms with Crippen LogP contribution in [0.5, 0.6) is 11.6 Å². The van der Waals surface area contributed by atoms with Crippen LogP contribution in [-0.2, 0) is 4.74 Å². The molecular formula is C15H15BrN2O3. The Kier molecular flexibility index (Phi) is 4.47. The Hall–Kier alpha value is -2.08. The van der Waals surface area contributed by atoms with E-state index in [1.807, 2.05) is 26.0 Å². The third-order valence-corrected chi connectivity index (χ3v) is 4.15. The highest BCUT2D eigenvalue weighted by Gasteiger charge is 2.16. The number of carbonyl (C=O) groups is 1. The highest BCUT2D eigenvalue weighted by atomic mass is 79.9. The lowest BCUT2D eigenvalue weighted by atomic mass is 10.1. The SMILES string of the molecule is COC(=O)c1cc(N)cnc1Oc1cc(C)c(Br)c(C)c1. The molecule has 0 bridgehead atoms. The van der Waals surface area contributed by atoms with E-state index in [0.29, 0.717) is 11.4 Å². The fraction of sp³-hybridized carbons (Fsp3) is 0.200. The highest BCUT2D eigenvalue weighted by molar-refractivity contribution is 9.10. The topological polar surface area (TPSA) is 74.4 Å². The first-order chi connectivity index (χ1) is 9.92. The Labute approximate surface area is 131 Å². The van der Waals surface area contributed by atoms with Gasteiger partial charge in [0.1, 0.15) is 11.3 Å². The average Bonchev–Trinajstić information content (AvgIpc) is 2.45. The molecule has 21 heavy (non-hydrogen) atoms.